The van der Waals surface area contributed by atoms with E-state index in [4.69, 9.17) is 5.14 Å². The molecule has 0 bridgehead atoms. The molecule has 0 saturated carbocycles. The molecule has 0 aromatic heterocycles. The van der Waals surface area contributed by atoms with Crippen molar-refractivity contribution < 1.29 is 8.94 Å². The molecule has 2 atom stereocenters. The number of hydrogen-bond acceptors (Lipinski definition) is 2. The van der Waals surface area contributed by atoms with E-state index in [1.165, 1.54) is 0 Å². The third-order valence-electron chi connectivity index (χ3n) is 0.768. The van der Waals surface area contributed by atoms with Crippen molar-refractivity contribution in [3.05, 3.63) is 0 Å². The summed E-state index contributed by atoms with van der Waals surface area (Å²) < 4.78 is 22.1. The average molecular weight is 139 g/mol. The fourth-order valence-electron chi connectivity index (χ4n) is 0.343. The standard InChI is InChI=1S/C4H10FNOS/c1-2-3-4(5)8(6)7/h4H,2-3,6H2,1H3/t4?,8-/m0/s1. The Kier molecular flexibility index (Phi) is 4.22. The summed E-state index contributed by atoms with van der Waals surface area (Å²) in [6.45, 7) is 1.82. The SMILES string of the molecule is CCCC(F)[S@@+](N)[O-]. The van der Waals surface area contributed by atoms with Crippen LogP contribution in [0, 0.1) is 0 Å². The molecular formula is C4H10FNOS. The topological polar surface area (TPSA) is 49.1 Å². The van der Waals surface area contributed by atoms with E-state index in [0.717, 1.165) is 0 Å². The third kappa shape index (κ3) is 3.23. The highest BCUT2D eigenvalue weighted by molar-refractivity contribution is 7.89. The second kappa shape index (κ2) is 4.12. The minimum atomic E-state index is -1.78. The van der Waals surface area contributed by atoms with Crippen molar-refractivity contribution in [1.82, 2.24) is 0 Å². The van der Waals surface area contributed by atoms with E-state index in [1.54, 1.807) is 0 Å². The van der Waals surface area contributed by atoms with Gasteiger partial charge in [-0.3, -0.25) is 0 Å². The number of nitrogens with two attached hydrogens (primary N) is 1. The van der Waals surface area contributed by atoms with Crippen LogP contribution >= 0.6 is 0 Å². The summed E-state index contributed by atoms with van der Waals surface area (Å²) in [5.74, 6) is 0. The molecule has 0 aromatic carbocycles. The fourth-order valence-corrected chi connectivity index (χ4v) is 0.811. The minimum Gasteiger partial charge on any atom is -0.596 e. The van der Waals surface area contributed by atoms with Gasteiger partial charge in [0.1, 0.15) is 0 Å². The maximum Gasteiger partial charge on any atom is 0.271 e. The first-order valence-corrected chi connectivity index (χ1v) is 3.75. The van der Waals surface area contributed by atoms with E-state index in [2.05, 4.69) is 0 Å². The van der Waals surface area contributed by atoms with Gasteiger partial charge in [0.05, 0.1) is 11.4 Å². The summed E-state index contributed by atoms with van der Waals surface area (Å²) in [6.07, 6.45) is 0.979. The quantitative estimate of drug-likeness (QED) is 0.585. The Morgan fingerprint density at radius 1 is 1.88 bits per heavy atom. The van der Waals surface area contributed by atoms with Crippen LogP contribution in [0.2, 0.25) is 0 Å². The van der Waals surface area contributed by atoms with Crippen molar-refractivity contribution >= 4 is 11.4 Å². The average Bonchev–Trinajstić information content (AvgIpc) is 1.67. The van der Waals surface area contributed by atoms with Gasteiger partial charge in [-0.1, -0.05) is 6.92 Å². The highest BCUT2D eigenvalue weighted by atomic mass is 32.2. The molecule has 0 aromatic rings. The van der Waals surface area contributed by atoms with E-state index < -0.39 is 16.9 Å². The first-order chi connectivity index (χ1) is 3.68. The van der Waals surface area contributed by atoms with E-state index in [0.29, 0.717) is 12.8 Å². The highest BCUT2D eigenvalue weighted by Crippen LogP contribution is 2.04. The van der Waals surface area contributed by atoms with E-state index >= 15 is 0 Å². The van der Waals surface area contributed by atoms with Gasteiger partial charge in [-0.05, 0) is 6.42 Å². The molecule has 2 nitrogen and oxygen atoms in total. The van der Waals surface area contributed by atoms with Gasteiger partial charge in [-0.2, -0.15) is 9.53 Å². The molecule has 0 aliphatic carbocycles. The zero-order valence-electron chi connectivity index (χ0n) is 4.76. The van der Waals surface area contributed by atoms with Gasteiger partial charge in [0.25, 0.3) is 5.50 Å². The Morgan fingerprint density at radius 2 is 2.38 bits per heavy atom. The Balaban J connectivity index is 3.17. The first-order valence-electron chi connectivity index (χ1n) is 2.47. The smallest absolute Gasteiger partial charge is 0.271 e. The summed E-state index contributed by atoms with van der Waals surface area (Å²) in [6, 6.07) is 0. The number of hydrogen-bond donors (Lipinski definition) is 1. The van der Waals surface area contributed by atoms with Crippen molar-refractivity contribution in [2.24, 2.45) is 5.14 Å². The van der Waals surface area contributed by atoms with Gasteiger partial charge in [0, 0.05) is 6.42 Å². The largest absolute Gasteiger partial charge is 0.596 e. The molecule has 1 unspecified atom stereocenters. The van der Waals surface area contributed by atoms with Crippen LogP contribution in [-0.2, 0) is 11.4 Å². The minimum absolute atomic E-state index is 0.295. The lowest BCUT2D eigenvalue weighted by atomic mass is 10.4. The van der Waals surface area contributed by atoms with Gasteiger partial charge >= 0.3 is 0 Å². The zero-order chi connectivity index (χ0) is 6.57. The predicted octanol–water partition coefficient (Wildman–Crippen LogP) is 0.705. The van der Waals surface area contributed by atoms with Gasteiger partial charge in [-0.15, -0.1) is 0 Å². The molecule has 0 spiro atoms. The van der Waals surface area contributed by atoms with Crippen LogP contribution in [0.15, 0.2) is 0 Å². The van der Waals surface area contributed by atoms with E-state index in [-0.39, 0.29) is 0 Å². The zero-order valence-corrected chi connectivity index (χ0v) is 5.58. The second-order valence-electron chi connectivity index (χ2n) is 1.53. The third-order valence-corrected chi connectivity index (χ3v) is 1.51. The Hall–Kier alpha value is 0.200. The van der Waals surface area contributed by atoms with Crippen LogP contribution in [0.4, 0.5) is 4.39 Å². The molecule has 0 heterocycles. The Morgan fingerprint density at radius 3 is 2.50 bits per heavy atom. The molecule has 0 saturated heterocycles. The van der Waals surface area contributed by atoms with Crippen LogP contribution in [-0.4, -0.2) is 10.1 Å². The van der Waals surface area contributed by atoms with Crippen LogP contribution < -0.4 is 5.14 Å². The van der Waals surface area contributed by atoms with Crippen molar-refractivity contribution in [2.45, 2.75) is 25.3 Å². The molecular weight excluding hydrogens is 129 g/mol. The summed E-state index contributed by atoms with van der Waals surface area (Å²) >= 11 is -1.78. The number of rotatable bonds is 3. The molecule has 0 amide bonds. The fraction of sp³-hybridized carbons (Fsp3) is 1.00. The molecule has 4 heteroatoms. The molecule has 0 radical (unpaired) electrons. The van der Waals surface area contributed by atoms with Gasteiger partial charge in [0.2, 0.25) is 0 Å². The van der Waals surface area contributed by atoms with E-state index in [1.807, 2.05) is 6.92 Å². The molecule has 0 rings (SSSR count). The molecule has 0 fully saturated rings. The van der Waals surface area contributed by atoms with Crippen LogP contribution in [0.1, 0.15) is 19.8 Å². The molecule has 8 heavy (non-hydrogen) atoms. The summed E-state index contributed by atoms with van der Waals surface area (Å²) in [5, 5.41) is 4.72. The second-order valence-corrected chi connectivity index (χ2v) is 2.70. The van der Waals surface area contributed by atoms with Crippen molar-refractivity contribution in [3.63, 3.8) is 0 Å². The number of alkyl halides is 1. The normalized spacial score (nSPS) is 18.0. The Labute approximate surface area is 51.6 Å². The monoisotopic (exact) mass is 139 g/mol. The lowest BCUT2D eigenvalue weighted by Crippen LogP contribution is -2.24. The van der Waals surface area contributed by atoms with Crippen LogP contribution in [0.25, 0.3) is 0 Å². The van der Waals surface area contributed by atoms with Crippen molar-refractivity contribution in [1.29, 1.82) is 0 Å². The summed E-state index contributed by atoms with van der Waals surface area (Å²) in [4.78, 5) is 0. The number of halogens is 1. The van der Waals surface area contributed by atoms with Gasteiger partial charge in [-0.25, -0.2) is 0 Å². The lowest BCUT2D eigenvalue weighted by molar-refractivity contribution is 0.396. The van der Waals surface area contributed by atoms with Crippen molar-refractivity contribution in [3.8, 4) is 0 Å². The predicted molar refractivity (Wildman–Crippen MR) is 32.1 cm³/mol. The summed E-state index contributed by atoms with van der Waals surface area (Å²) in [5.41, 5.74) is -1.33. The molecule has 0 aliphatic rings. The van der Waals surface area contributed by atoms with Gasteiger partial charge in [0.15, 0.2) is 0 Å². The first kappa shape index (κ1) is 8.20. The molecule has 0 aliphatic heterocycles. The Bertz CT molecular complexity index is 62.0. The molecule has 2 N–H and O–H groups in total. The van der Waals surface area contributed by atoms with Gasteiger partial charge < -0.3 is 4.55 Å². The summed E-state index contributed by atoms with van der Waals surface area (Å²) in [7, 11) is 0. The van der Waals surface area contributed by atoms with E-state index in [9.17, 15) is 8.94 Å². The highest BCUT2D eigenvalue weighted by Gasteiger charge is 2.14. The van der Waals surface area contributed by atoms with Crippen LogP contribution in [0.3, 0.4) is 0 Å². The lowest BCUT2D eigenvalue weighted by Gasteiger charge is -2.06. The maximum absolute atomic E-state index is 12.1. The van der Waals surface area contributed by atoms with Crippen LogP contribution in [0.5, 0.6) is 0 Å². The van der Waals surface area contributed by atoms with Crippen molar-refractivity contribution in [2.75, 3.05) is 0 Å². The molecule has 50 valence electrons. The maximum atomic E-state index is 12.1.